The molecule has 2 heterocycles. The molecule has 0 radical (unpaired) electrons. The zero-order chi connectivity index (χ0) is 17.1. The van der Waals surface area contributed by atoms with Crippen molar-refractivity contribution in [2.45, 2.75) is 0 Å². The molecule has 1 fully saturated rings. The highest BCUT2D eigenvalue weighted by Gasteiger charge is 2.13. The van der Waals surface area contributed by atoms with E-state index in [9.17, 15) is 0 Å². The normalized spacial score (nSPS) is 14.5. The Labute approximate surface area is 161 Å². The number of hydrogen-bond donors (Lipinski definition) is 0. The number of thioether (sulfide) groups is 1. The zero-order valence-corrected chi connectivity index (χ0v) is 16.3. The molecule has 0 aliphatic carbocycles. The van der Waals surface area contributed by atoms with Gasteiger partial charge in [-0.15, -0.1) is 0 Å². The van der Waals surface area contributed by atoms with Crippen LogP contribution in [0.4, 0.5) is 5.82 Å². The number of halogens is 1. The summed E-state index contributed by atoms with van der Waals surface area (Å²) in [5.74, 6) is 3.47. The molecule has 0 amide bonds. The lowest BCUT2D eigenvalue weighted by molar-refractivity contribution is 0.840. The van der Waals surface area contributed by atoms with Gasteiger partial charge in [0.2, 0.25) is 0 Å². The van der Waals surface area contributed by atoms with E-state index in [0.717, 1.165) is 34.6 Å². The maximum atomic E-state index is 4.89. The van der Waals surface area contributed by atoms with E-state index in [-0.39, 0.29) is 0 Å². The van der Waals surface area contributed by atoms with E-state index < -0.39 is 0 Å². The van der Waals surface area contributed by atoms with Crippen LogP contribution in [0.1, 0.15) is 0 Å². The third kappa shape index (κ3) is 3.91. The average Bonchev–Trinajstić information content (AvgIpc) is 2.70. The van der Waals surface area contributed by atoms with Crippen LogP contribution in [0.25, 0.3) is 22.4 Å². The van der Waals surface area contributed by atoms with Crippen molar-refractivity contribution in [1.82, 2.24) is 4.98 Å². The number of pyridine rings is 1. The van der Waals surface area contributed by atoms with E-state index in [0.29, 0.717) is 0 Å². The SMILES string of the molecule is Brc1ccc(-c2ccc(-c3cccc(N4CCSCC4)n3)cc2)cc1. The molecule has 0 saturated carbocycles. The highest BCUT2D eigenvalue weighted by Crippen LogP contribution is 2.26. The smallest absolute Gasteiger partial charge is 0.129 e. The van der Waals surface area contributed by atoms with Gasteiger partial charge in [0.05, 0.1) is 5.69 Å². The summed E-state index contributed by atoms with van der Waals surface area (Å²) in [5.41, 5.74) is 4.65. The molecule has 25 heavy (non-hydrogen) atoms. The Balaban J connectivity index is 1.58. The highest BCUT2D eigenvalue weighted by molar-refractivity contribution is 9.10. The zero-order valence-electron chi connectivity index (χ0n) is 13.9. The summed E-state index contributed by atoms with van der Waals surface area (Å²) in [6.45, 7) is 2.17. The monoisotopic (exact) mass is 410 g/mol. The third-order valence-corrected chi connectivity index (χ3v) is 5.90. The maximum absolute atomic E-state index is 4.89. The highest BCUT2D eigenvalue weighted by atomic mass is 79.9. The fraction of sp³-hybridized carbons (Fsp3) is 0.190. The second-order valence-corrected chi connectivity index (χ2v) is 8.21. The van der Waals surface area contributed by atoms with Gasteiger partial charge < -0.3 is 4.90 Å². The van der Waals surface area contributed by atoms with Crippen LogP contribution in [-0.2, 0) is 0 Å². The quantitative estimate of drug-likeness (QED) is 0.548. The molecule has 1 aromatic heterocycles. The predicted molar refractivity (Wildman–Crippen MR) is 112 cm³/mol. The molecule has 2 aromatic carbocycles. The summed E-state index contributed by atoms with van der Waals surface area (Å²) in [6.07, 6.45) is 0. The molecule has 4 heteroatoms. The molecule has 1 aliphatic heterocycles. The Kier molecular flexibility index (Phi) is 5.09. The van der Waals surface area contributed by atoms with Crippen molar-refractivity contribution in [3.63, 3.8) is 0 Å². The molecule has 0 spiro atoms. The van der Waals surface area contributed by atoms with E-state index in [2.05, 4.69) is 87.6 Å². The van der Waals surface area contributed by atoms with Crippen LogP contribution in [0.2, 0.25) is 0 Å². The van der Waals surface area contributed by atoms with Crippen molar-refractivity contribution < 1.29 is 0 Å². The van der Waals surface area contributed by atoms with Gasteiger partial charge in [0.25, 0.3) is 0 Å². The van der Waals surface area contributed by atoms with Gasteiger partial charge in [0.15, 0.2) is 0 Å². The van der Waals surface area contributed by atoms with Crippen molar-refractivity contribution >= 4 is 33.5 Å². The maximum Gasteiger partial charge on any atom is 0.129 e. The summed E-state index contributed by atoms with van der Waals surface area (Å²) >= 11 is 5.51. The summed E-state index contributed by atoms with van der Waals surface area (Å²) in [6, 6.07) is 23.4. The first-order chi connectivity index (χ1) is 12.3. The number of nitrogens with zero attached hydrogens (tertiary/aromatic N) is 2. The molecule has 3 aromatic rings. The fourth-order valence-electron chi connectivity index (χ4n) is 3.03. The standard InChI is InChI=1S/C21H19BrN2S/c22-19-10-8-17(9-11-19)16-4-6-18(7-5-16)20-2-1-3-21(23-20)24-12-14-25-15-13-24/h1-11H,12-15H2. The van der Waals surface area contributed by atoms with E-state index in [4.69, 9.17) is 4.98 Å². The van der Waals surface area contributed by atoms with E-state index in [1.807, 2.05) is 11.8 Å². The van der Waals surface area contributed by atoms with Gasteiger partial charge in [-0.1, -0.05) is 58.4 Å². The van der Waals surface area contributed by atoms with Gasteiger partial charge in [0.1, 0.15) is 5.82 Å². The number of benzene rings is 2. The third-order valence-electron chi connectivity index (χ3n) is 4.43. The topological polar surface area (TPSA) is 16.1 Å². The van der Waals surface area contributed by atoms with Crippen LogP contribution in [0.3, 0.4) is 0 Å². The fourth-order valence-corrected chi connectivity index (χ4v) is 4.20. The second kappa shape index (κ2) is 7.63. The van der Waals surface area contributed by atoms with E-state index in [1.165, 1.54) is 22.6 Å². The molecule has 1 saturated heterocycles. The Morgan fingerprint density at radius 2 is 1.36 bits per heavy atom. The summed E-state index contributed by atoms with van der Waals surface area (Å²) < 4.78 is 1.10. The molecular formula is C21H19BrN2S. The molecule has 0 bridgehead atoms. The van der Waals surface area contributed by atoms with Gasteiger partial charge in [-0.3, -0.25) is 0 Å². The van der Waals surface area contributed by atoms with Gasteiger partial charge in [0, 0.05) is 34.6 Å². The van der Waals surface area contributed by atoms with Crippen LogP contribution < -0.4 is 4.90 Å². The lowest BCUT2D eigenvalue weighted by Gasteiger charge is -2.27. The van der Waals surface area contributed by atoms with Crippen LogP contribution in [-0.4, -0.2) is 29.6 Å². The Bertz CT molecular complexity index is 841. The van der Waals surface area contributed by atoms with Crippen LogP contribution in [0.5, 0.6) is 0 Å². The molecule has 4 rings (SSSR count). The minimum Gasteiger partial charge on any atom is -0.355 e. The largest absolute Gasteiger partial charge is 0.355 e. The first-order valence-corrected chi connectivity index (χ1v) is 10.4. The molecule has 0 N–H and O–H groups in total. The van der Waals surface area contributed by atoms with Gasteiger partial charge in [-0.25, -0.2) is 4.98 Å². The average molecular weight is 411 g/mol. The lowest BCUT2D eigenvalue weighted by atomic mass is 10.0. The van der Waals surface area contributed by atoms with E-state index >= 15 is 0 Å². The molecule has 1 aliphatic rings. The molecule has 0 unspecified atom stereocenters. The van der Waals surface area contributed by atoms with Crippen molar-refractivity contribution in [1.29, 1.82) is 0 Å². The number of anilines is 1. The predicted octanol–water partition coefficient (Wildman–Crippen LogP) is 5.73. The van der Waals surface area contributed by atoms with Gasteiger partial charge >= 0.3 is 0 Å². The number of aromatic nitrogens is 1. The van der Waals surface area contributed by atoms with Crippen molar-refractivity contribution in [3.05, 3.63) is 71.2 Å². The van der Waals surface area contributed by atoms with Gasteiger partial charge in [-0.05, 0) is 35.4 Å². The van der Waals surface area contributed by atoms with Crippen LogP contribution in [0, 0.1) is 0 Å². The minimum atomic E-state index is 1.04. The first kappa shape index (κ1) is 16.7. The summed E-state index contributed by atoms with van der Waals surface area (Å²) in [4.78, 5) is 7.28. The van der Waals surface area contributed by atoms with Crippen molar-refractivity contribution in [3.8, 4) is 22.4 Å². The number of rotatable bonds is 3. The molecule has 0 atom stereocenters. The van der Waals surface area contributed by atoms with Crippen LogP contribution >= 0.6 is 27.7 Å². The van der Waals surface area contributed by atoms with E-state index in [1.54, 1.807) is 0 Å². The summed E-state index contributed by atoms with van der Waals surface area (Å²) in [7, 11) is 0. The van der Waals surface area contributed by atoms with Gasteiger partial charge in [-0.2, -0.15) is 11.8 Å². The Hall–Kier alpha value is -1.78. The first-order valence-electron chi connectivity index (χ1n) is 8.46. The summed E-state index contributed by atoms with van der Waals surface area (Å²) in [5, 5.41) is 0. The van der Waals surface area contributed by atoms with Crippen LogP contribution in [0.15, 0.2) is 71.2 Å². The molecular weight excluding hydrogens is 392 g/mol. The molecule has 126 valence electrons. The molecule has 2 nitrogen and oxygen atoms in total. The lowest BCUT2D eigenvalue weighted by Crippen LogP contribution is -2.33. The number of hydrogen-bond acceptors (Lipinski definition) is 3. The van der Waals surface area contributed by atoms with Crippen molar-refractivity contribution in [2.75, 3.05) is 29.5 Å². The Morgan fingerprint density at radius 3 is 2.04 bits per heavy atom. The Morgan fingerprint density at radius 1 is 0.760 bits per heavy atom. The van der Waals surface area contributed by atoms with Crippen molar-refractivity contribution in [2.24, 2.45) is 0 Å². The second-order valence-electron chi connectivity index (χ2n) is 6.06. The minimum absolute atomic E-state index is 1.04.